The highest BCUT2D eigenvalue weighted by Crippen LogP contribution is 2.22. The zero-order valence-corrected chi connectivity index (χ0v) is 12.7. The van der Waals surface area contributed by atoms with E-state index < -0.39 is 0 Å². The summed E-state index contributed by atoms with van der Waals surface area (Å²) in [4.78, 5) is 2.29. The summed E-state index contributed by atoms with van der Waals surface area (Å²) in [7, 11) is 2.12. The van der Waals surface area contributed by atoms with Gasteiger partial charge in [-0.2, -0.15) is 0 Å². The number of rotatable bonds is 6. The van der Waals surface area contributed by atoms with E-state index in [-0.39, 0.29) is 5.60 Å². The summed E-state index contributed by atoms with van der Waals surface area (Å²) in [6.07, 6.45) is 0. The third-order valence-electron chi connectivity index (χ3n) is 3.88. The lowest BCUT2D eigenvalue weighted by molar-refractivity contribution is -0.0725. The summed E-state index contributed by atoms with van der Waals surface area (Å²) >= 11 is 6.03. The Labute approximate surface area is 120 Å². The van der Waals surface area contributed by atoms with Crippen LogP contribution in [0.2, 0.25) is 5.02 Å². The second-order valence-electron chi connectivity index (χ2n) is 5.61. The van der Waals surface area contributed by atoms with Gasteiger partial charge in [-0.3, -0.25) is 4.90 Å². The average molecular weight is 283 g/mol. The van der Waals surface area contributed by atoms with E-state index in [9.17, 15) is 0 Å². The molecule has 1 aliphatic rings. The molecular weight excluding hydrogens is 260 g/mol. The van der Waals surface area contributed by atoms with Crippen LogP contribution in [-0.4, -0.2) is 43.8 Å². The van der Waals surface area contributed by atoms with E-state index in [1.807, 2.05) is 18.2 Å². The zero-order valence-electron chi connectivity index (χ0n) is 11.9. The molecule has 0 radical (unpaired) electrons. The number of halogens is 1. The van der Waals surface area contributed by atoms with Crippen LogP contribution in [0.25, 0.3) is 0 Å². The summed E-state index contributed by atoms with van der Waals surface area (Å²) in [5.41, 5.74) is 1.28. The Hall–Kier alpha value is -0.610. The molecule has 4 heteroatoms. The largest absolute Gasteiger partial charge is 0.371 e. The standard InChI is InChI=1S/C15H23ClN2O/c1-12(13-5-4-6-14(16)9-13)18(3)7-8-19-15(2)10-17-11-15/h4-6,9,12,17H,7-8,10-11H2,1-3H3. The molecule has 1 aromatic rings. The van der Waals surface area contributed by atoms with E-state index in [1.54, 1.807) is 0 Å². The van der Waals surface area contributed by atoms with Gasteiger partial charge in [0.2, 0.25) is 0 Å². The van der Waals surface area contributed by atoms with Crippen molar-refractivity contribution in [3.8, 4) is 0 Å². The van der Waals surface area contributed by atoms with Gasteiger partial charge in [0.25, 0.3) is 0 Å². The smallest absolute Gasteiger partial charge is 0.0902 e. The van der Waals surface area contributed by atoms with E-state index in [1.165, 1.54) is 5.56 Å². The van der Waals surface area contributed by atoms with E-state index in [2.05, 4.69) is 37.2 Å². The fourth-order valence-corrected chi connectivity index (χ4v) is 2.43. The van der Waals surface area contributed by atoms with Crippen molar-refractivity contribution >= 4 is 11.6 Å². The summed E-state index contributed by atoms with van der Waals surface area (Å²) in [5.74, 6) is 0. The van der Waals surface area contributed by atoms with E-state index in [0.29, 0.717) is 6.04 Å². The molecule has 1 N–H and O–H groups in total. The van der Waals surface area contributed by atoms with Crippen molar-refractivity contribution in [1.29, 1.82) is 0 Å². The zero-order chi connectivity index (χ0) is 13.9. The van der Waals surface area contributed by atoms with Gasteiger partial charge in [-0.05, 0) is 38.6 Å². The minimum absolute atomic E-state index is 0.0418. The van der Waals surface area contributed by atoms with Gasteiger partial charge < -0.3 is 10.1 Å². The Morgan fingerprint density at radius 2 is 2.21 bits per heavy atom. The Balaban J connectivity index is 1.80. The summed E-state index contributed by atoms with van der Waals surface area (Å²) in [6, 6.07) is 8.39. The molecule has 1 fully saturated rings. The van der Waals surface area contributed by atoms with Crippen molar-refractivity contribution < 1.29 is 4.74 Å². The third-order valence-corrected chi connectivity index (χ3v) is 4.12. The predicted molar refractivity (Wildman–Crippen MR) is 79.7 cm³/mol. The lowest BCUT2D eigenvalue weighted by atomic mass is 10.0. The lowest BCUT2D eigenvalue weighted by Gasteiger charge is -2.39. The number of nitrogens with one attached hydrogen (secondary N) is 1. The number of benzene rings is 1. The first-order valence-electron chi connectivity index (χ1n) is 6.81. The minimum Gasteiger partial charge on any atom is -0.371 e. The normalized spacial score (nSPS) is 19.2. The molecule has 0 aliphatic carbocycles. The Morgan fingerprint density at radius 3 is 2.79 bits per heavy atom. The summed E-state index contributed by atoms with van der Waals surface area (Å²) in [5, 5.41) is 4.03. The Morgan fingerprint density at radius 1 is 1.47 bits per heavy atom. The highest BCUT2D eigenvalue weighted by Gasteiger charge is 2.32. The molecule has 3 nitrogen and oxygen atoms in total. The average Bonchev–Trinajstić information content (AvgIpc) is 2.35. The van der Waals surface area contributed by atoms with Gasteiger partial charge >= 0.3 is 0 Å². The molecule has 106 valence electrons. The first kappa shape index (κ1) is 14.8. The number of hydrogen-bond acceptors (Lipinski definition) is 3. The van der Waals surface area contributed by atoms with Gasteiger partial charge in [-0.15, -0.1) is 0 Å². The molecule has 1 heterocycles. The second kappa shape index (κ2) is 6.23. The molecule has 1 aromatic carbocycles. The topological polar surface area (TPSA) is 24.5 Å². The molecule has 2 rings (SSSR count). The van der Waals surface area contributed by atoms with Crippen LogP contribution in [0.3, 0.4) is 0 Å². The van der Waals surface area contributed by atoms with Crippen LogP contribution in [0.4, 0.5) is 0 Å². The molecule has 1 unspecified atom stereocenters. The highest BCUT2D eigenvalue weighted by atomic mass is 35.5. The Kier molecular flexibility index (Phi) is 4.85. The highest BCUT2D eigenvalue weighted by molar-refractivity contribution is 6.30. The van der Waals surface area contributed by atoms with Crippen LogP contribution >= 0.6 is 11.6 Å². The van der Waals surface area contributed by atoms with Gasteiger partial charge in [-0.1, -0.05) is 23.7 Å². The van der Waals surface area contributed by atoms with Crippen LogP contribution in [-0.2, 0) is 4.74 Å². The fraction of sp³-hybridized carbons (Fsp3) is 0.600. The fourth-order valence-electron chi connectivity index (χ4n) is 2.23. The van der Waals surface area contributed by atoms with Crippen LogP contribution in [0.15, 0.2) is 24.3 Å². The second-order valence-corrected chi connectivity index (χ2v) is 6.05. The molecule has 0 saturated carbocycles. The maximum atomic E-state index is 6.03. The SMILES string of the molecule is CC(c1cccc(Cl)c1)N(C)CCOC1(C)CNC1. The Bertz CT molecular complexity index is 420. The van der Waals surface area contributed by atoms with Crippen LogP contribution in [0.5, 0.6) is 0 Å². The van der Waals surface area contributed by atoms with Crippen molar-refractivity contribution in [3.05, 3.63) is 34.9 Å². The third kappa shape index (κ3) is 3.93. The lowest BCUT2D eigenvalue weighted by Crippen LogP contribution is -2.59. The maximum Gasteiger partial charge on any atom is 0.0902 e. The van der Waals surface area contributed by atoms with Crippen molar-refractivity contribution in [2.45, 2.75) is 25.5 Å². The quantitative estimate of drug-likeness (QED) is 0.868. The molecule has 0 amide bonds. The van der Waals surface area contributed by atoms with Crippen molar-refractivity contribution in [1.82, 2.24) is 10.2 Å². The number of nitrogens with zero attached hydrogens (tertiary/aromatic N) is 1. The predicted octanol–water partition coefficient (Wildman–Crippen LogP) is 2.71. The van der Waals surface area contributed by atoms with Gasteiger partial charge in [-0.25, -0.2) is 0 Å². The molecule has 0 aromatic heterocycles. The molecule has 1 atom stereocenters. The monoisotopic (exact) mass is 282 g/mol. The molecule has 1 saturated heterocycles. The van der Waals surface area contributed by atoms with Crippen LogP contribution < -0.4 is 5.32 Å². The molecule has 1 aliphatic heterocycles. The van der Waals surface area contributed by atoms with E-state index >= 15 is 0 Å². The van der Waals surface area contributed by atoms with Crippen molar-refractivity contribution in [3.63, 3.8) is 0 Å². The molecule has 19 heavy (non-hydrogen) atoms. The number of ether oxygens (including phenoxy) is 1. The number of hydrogen-bond donors (Lipinski definition) is 1. The van der Waals surface area contributed by atoms with Crippen LogP contribution in [0, 0.1) is 0 Å². The van der Waals surface area contributed by atoms with Crippen molar-refractivity contribution in [2.75, 3.05) is 33.3 Å². The van der Waals surface area contributed by atoms with Crippen LogP contribution in [0.1, 0.15) is 25.5 Å². The van der Waals surface area contributed by atoms with Gasteiger partial charge in [0.1, 0.15) is 0 Å². The van der Waals surface area contributed by atoms with Crippen molar-refractivity contribution in [2.24, 2.45) is 0 Å². The van der Waals surface area contributed by atoms with Gasteiger partial charge in [0.05, 0.1) is 12.2 Å². The number of likely N-dealkylation sites (N-methyl/N-ethyl adjacent to an activating group) is 1. The van der Waals surface area contributed by atoms with Gasteiger partial charge in [0.15, 0.2) is 0 Å². The molecule has 0 spiro atoms. The van der Waals surface area contributed by atoms with Gasteiger partial charge in [0, 0.05) is 30.7 Å². The first-order chi connectivity index (χ1) is 9.00. The summed E-state index contributed by atoms with van der Waals surface area (Å²) in [6.45, 7) is 7.95. The molecule has 0 bridgehead atoms. The summed E-state index contributed by atoms with van der Waals surface area (Å²) < 4.78 is 5.92. The maximum absolute atomic E-state index is 6.03. The molecular formula is C15H23ClN2O. The minimum atomic E-state index is 0.0418. The van der Waals surface area contributed by atoms with E-state index in [4.69, 9.17) is 16.3 Å². The first-order valence-corrected chi connectivity index (χ1v) is 7.18. The van der Waals surface area contributed by atoms with E-state index in [0.717, 1.165) is 31.3 Å².